The van der Waals surface area contributed by atoms with Crippen LogP contribution in [0.4, 0.5) is 11.7 Å². The highest BCUT2D eigenvalue weighted by Crippen LogP contribution is 2.23. The van der Waals surface area contributed by atoms with Crippen molar-refractivity contribution in [3.63, 3.8) is 0 Å². The SMILES string of the molecule is CC(C)CC(=O)Nc1nnc(-c2cccc([N+](=O)[O-])c2)o1. The third-order valence-electron chi connectivity index (χ3n) is 2.57. The monoisotopic (exact) mass is 290 g/mol. The Kier molecular flexibility index (Phi) is 4.27. The maximum Gasteiger partial charge on any atom is 0.322 e. The Morgan fingerprint density at radius 2 is 2.19 bits per heavy atom. The van der Waals surface area contributed by atoms with Gasteiger partial charge in [0.05, 0.1) is 4.92 Å². The lowest BCUT2D eigenvalue weighted by Crippen LogP contribution is -2.13. The number of hydrogen-bond acceptors (Lipinski definition) is 6. The number of anilines is 1. The first-order valence-electron chi connectivity index (χ1n) is 6.34. The number of carbonyl (C=O) groups excluding carboxylic acids is 1. The van der Waals surface area contributed by atoms with Crippen molar-refractivity contribution in [2.75, 3.05) is 5.32 Å². The van der Waals surface area contributed by atoms with Crippen LogP contribution in [0.1, 0.15) is 20.3 Å². The van der Waals surface area contributed by atoms with E-state index in [1.165, 1.54) is 18.2 Å². The minimum absolute atomic E-state index is 0.0258. The molecule has 0 unspecified atom stereocenters. The highest BCUT2D eigenvalue weighted by Gasteiger charge is 2.14. The smallest absolute Gasteiger partial charge is 0.322 e. The Hall–Kier alpha value is -2.77. The molecule has 2 rings (SSSR count). The Bertz CT molecular complexity index is 666. The summed E-state index contributed by atoms with van der Waals surface area (Å²) in [5.74, 6) is 0.0990. The number of nitrogens with zero attached hydrogens (tertiary/aromatic N) is 3. The summed E-state index contributed by atoms with van der Waals surface area (Å²) in [5.41, 5.74) is 0.345. The van der Waals surface area contributed by atoms with Crippen molar-refractivity contribution in [2.24, 2.45) is 5.92 Å². The Labute approximate surface area is 120 Å². The van der Waals surface area contributed by atoms with Crippen LogP contribution in [-0.2, 0) is 4.79 Å². The first-order chi connectivity index (χ1) is 9.95. The number of nitro groups is 1. The van der Waals surface area contributed by atoms with Crippen LogP contribution in [0.3, 0.4) is 0 Å². The van der Waals surface area contributed by atoms with Crippen molar-refractivity contribution in [1.29, 1.82) is 0 Å². The van der Waals surface area contributed by atoms with E-state index in [0.717, 1.165) is 0 Å². The summed E-state index contributed by atoms with van der Waals surface area (Å²) >= 11 is 0. The van der Waals surface area contributed by atoms with Crippen molar-refractivity contribution < 1.29 is 14.1 Å². The number of carbonyl (C=O) groups is 1. The Morgan fingerprint density at radius 1 is 1.43 bits per heavy atom. The zero-order valence-corrected chi connectivity index (χ0v) is 11.6. The average Bonchev–Trinajstić information content (AvgIpc) is 2.86. The standard InChI is InChI=1S/C13H14N4O4/c1-8(2)6-11(18)14-13-16-15-12(21-13)9-4-3-5-10(7-9)17(19)20/h3-5,7-8H,6H2,1-2H3,(H,14,16,18). The van der Waals surface area contributed by atoms with Gasteiger partial charge in [-0.25, -0.2) is 0 Å². The van der Waals surface area contributed by atoms with E-state index < -0.39 is 4.92 Å². The van der Waals surface area contributed by atoms with Crippen LogP contribution in [0, 0.1) is 16.0 Å². The normalized spacial score (nSPS) is 10.6. The van der Waals surface area contributed by atoms with Crippen LogP contribution in [0.5, 0.6) is 0 Å². The van der Waals surface area contributed by atoms with Crippen molar-refractivity contribution in [1.82, 2.24) is 10.2 Å². The molecule has 0 spiro atoms. The van der Waals surface area contributed by atoms with Gasteiger partial charge in [-0.1, -0.05) is 25.0 Å². The predicted molar refractivity (Wildman–Crippen MR) is 74.5 cm³/mol. The quantitative estimate of drug-likeness (QED) is 0.669. The molecule has 0 fully saturated rings. The van der Waals surface area contributed by atoms with Gasteiger partial charge in [-0.3, -0.25) is 20.2 Å². The average molecular weight is 290 g/mol. The lowest BCUT2D eigenvalue weighted by molar-refractivity contribution is -0.384. The van der Waals surface area contributed by atoms with Gasteiger partial charge in [0.15, 0.2) is 0 Å². The largest absolute Gasteiger partial charge is 0.403 e. The fourth-order valence-corrected chi connectivity index (χ4v) is 1.68. The van der Waals surface area contributed by atoms with Gasteiger partial charge in [-0.05, 0) is 12.0 Å². The van der Waals surface area contributed by atoms with Gasteiger partial charge in [0.2, 0.25) is 11.8 Å². The highest BCUT2D eigenvalue weighted by atomic mass is 16.6. The van der Waals surface area contributed by atoms with E-state index >= 15 is 0 Å². The number of aromatic nitrogens is 2. The maximum atomic E-state index is 11.6. The molecule has 21 heavy (non-hydrogen) atoms. The van der Waals surface area contributed by atoms with Crippen LogP contribution >= 0.6 is 0 Å². The molecular weight excluding hydrogens is 276 g/mol. The molecule has 0 saturated carbocycles. The van der Waals surface area contributed by atoms with Gasteiger partial charge in [0.25, 0.3) is 5.69 Å². The number of hydrogen-bond donors (Lipinski definition) is 1. The van der Waals surface area contributed by atoms with E-state index in [-0.39, 0.29) is 29.4 Å². The molecule has 1 N–H and O–H groups in total. The first kappa shape index (κ1) is 14.6. The third-order valence-corrected chi connectivity index (χ3v) is 2.57. The maximum absolute atomic E-state index is 11.6. The van der Waals surface area contributed by atoms with Crippen LogP contribution < -0.4 is 5.32 Å². The number of nitro benzene ring substituents is 1. The molecule has 110 valence electrons. The van der Waals surface area contributed by atoms with Crippen molar-refractivity contribution in [3.8, 4) is 11.5 Å². The number of non-ortho nitro benzene ring substituents is 1. The van der Waals surface area contributed by atoms with Crippen molar-refractivity contribution >= 4 is 17.6 Å². The van der Waals surface area contributed by atoms with Gasteiger partial charge in [-0.2, -0.15) is 0 Å². The molecule has 0 aliphatic carbocycles. The van der Waals surface area contributed by atoms with Gasteiger partial charge >= 0.3 is 6.01 Å². The summed E-state index contributed by atoms with van der Waals surface area (Å²) in [5, 5.41) is 20.7. The summed E-state index contributed by atoms with van der Waals surface area (Å²) in [7, 11) is 0. The zero-order valence-electron chi connectivity index (χ0n) is 11.6. The van der Waals surface area contributed by atoms with Crippen molar-refractivity contribution in [3.05, 3.63) is 34.4 Å². The van der Waals surface area contributed by atoms with Crippen LogP contribution in [0.15, 0.2) is 28.7 Å². The fraction of sp³-hybridized carbons (Fsp3) is 0.308. The van der Waals surface area contributed by atoms with Gasteiger partial charge < -0.3 is 4.42 Å². The molecule has 8 nitrogen and oxygen atoms in total. The second-order valence-electron chi connectivity index (χ2n) is 4.87. The molecule has 0 aliphatic heterocycles. The molecule has 0 saturated heterocycles. The molecule has 1 amide bonds. The summed E-state index contributed by atoms with van der Waals surface area (Å²) in [6.07, 6.45) is 0.342. The van der Waals surface area contributed by atoms with Crippen LogP contribution in [-0.4, -0.2) is 21.0 Å². The van der Waals surface area contributed by atoms with Gasteiger partial charge in [-0.15, -0.1) is 5.10 Å². The van der Waals surface area contributed by atoms with Crippen LogP contribution in [0.25, 0.3) is 11.5 Å². The third kappa shape index (κ3) is 3.85. The number of nitrogens with one attached hydrogen (secondary N) is 1. The number of benzene rings is 1. The molecule has 2 aromatic rings. The summed E-state index contributed by atoms with van der Waals surface area (Å²) in [6.45, 7) is 3.84. The molecular formula is C13H14N4O4. The highest BCUT2D eigenvalue weighted by molar-refractivity contribution is 5.88. The number of rotatable bonds is 5. The van der Waals surface area contributed by atoms with E-state index in [4.69, 9.17) is 4.42 Å². The Morgan fingerprint density at radius 3 is 2.86 bits per heavy atom. The Balaban J connectivity index is 2.14. The molecule has 0 radical (unpaired) electrons. The zero-order chi connectivity index (χ0) is 15.4. The predicted octanol–water partition coefficient (Wildman–Crippen LogP) is 2.63. The molecule has 1 heterocycles. The lowest BCUT2D eigenvalue weighted by Gasteiger charge is -2.02. The lowest BCUT2D eigenvalue weighted by atomic mass is 10.1. The molecule has 0 atom stereocenters. The molecule has 1 aromatic heterocycles. The minimum Gasteiger partial charge on any atom is -0.403 e. The second-order valence-corrected chi connectivity index (χ2v) is 4.87. The van der Waals surface area contributed by atoms with E-state index in [1.54, 1.807) is 6.07 Å². The molecule has 0 bridgehead atoms. The first-order valence-corrected chi connectivity index (χ1v) is 6.34. The van der Waals surface area contributed by atoms with Crippen LogP contribution in [0.2, 0.25) is 0 Å². The topological polar surface area (TPSA) is 111 Å². The van der Waals surface area contributed by atoms with E-state index in [2.05, 4.69) is 15.5 Å². The van der Waals surface area contributed by atoms with E-state index in [1.807, 2.05) is 13.8 Å². The van der Waals surface area contributed by atoms with E-state index in [9.17, 15) is 14.9 Å². The summed E-state index contributed by atoms with van der Waals surface area (Å²) < 4.78 is 5.28. The minimum atomic E-state index is -0.509. The second kappa shape index (κ2) is 6.12. The molecule has 0 aliphatic rings. The van der Waals surface area contributed by atoms with Gasteiger partial charge in [0.1, 0.15) is 0 Å². The summed E-state index contributed by atoms with van der Waals surface area (Å²) in [6, 6.07) is 5.80. The molecule has 8 heteroatoms. The molecule has 1 aromatic carbocycles. The number of amides is 1. The van der Waals surface area contributed by atoms with Gasteiger partial charge in [0, 0.05) is 24.1 Å². The van der Waals surface area contributed by atoms with E-state index in [0.29, 0.717) is 12.0 Å². The fourth-order valence-electron chi connectivity index (χ4n) is 1.68. The van der Waals surface area contributed by atoms with Crippen molar-refractivity contribution in [2.45, 2.75) is 20.3 Å². The summed E-state index contributed by atoms with van der Waals surface area (Å²) in [4.78, 5) is 21.8.